The van der Waals surface area contributed by atoms with Crippen molar-refractivity contribution in [3.8, 4) is 28.5 Å². The molecule has 2 aromatic carbocycles. The molecule has 0 saturated carbocycles. The Hall–Kier alpha value is -3.85. The predicted molar refractivity (Wildman–Crippen MR) is 137 cm³/mol. The first-order valence-electron chi connectivity index (χ1n) is 11.4. The molecule has 0 aliphatic rings. The molecular weight excluding hydrogens is 466 g/mol. The summed E-state index contributed by atoms with van der Waals surface area (Å²) in [6, 6.07) is 13.6. The van der Waals surface area contributed by atoms with Crippen LogP contribution >= 0.6 is 11.3 Å². The molecule has 0 aliphatic carbocycles. The van der Waals surface area contributed by atoms with Crippen molar-refractivity contribution in [2.24, 2.45) is 0 Å². The predicted octanol–water partition coefficient (Wildman–Crippen LogP) is 5.27. The summed E-state index contributed by atoms with van der Waals surface area (Å²) < 4.78 is 18.1. The fourth-order valence-corrected chi connectivity index (χ4v) is 4.45. The summed E-state index contributed by atoms with van der Waals surface area (Å²) >= 11 is 1.71. The fraction of sp³-hybridized carbons (Fsp3) is 0.269. The number of fused-ring (bicyclic) bond motifs is 1. The van der Waals surface area contributed by atoms with Gasteiger partial charge in [-0.25, -0.2) is 14.8 Å². The van der Waals surface area contributed by atoms with E-state index in [1.165, 1.54) is 16.4 Å². The lowest BCUT2D eigenvalue weighted by Crippen LogP contribution is -2.10. The molecule has 2 N–H and O–H groups in total. The van der Waals surface area contributed by atoms with E-state index in [9.17, 15) is 4.79 Å². The molecule has 35 heavy (non-hydrogen) atoms. The zero-order valence-electron chi connectivity index (χ0n) is 19.6. The Balaban J connectivity index is 1.47. The molecule has 4 rings (SSSR count). The summed E-state index contributed by atoms with van der Waals surface area (Å²) in [5, 5.41) is 15.6. The van der Waals surface area contributed by atoms with E-state index >= 15 is 0 Å². The number of carboxylic acids is 1. The summed E-state index contributed by atoms with van der Waals surface area (Å²) in [6.07, 6.45) is 2.29. The van der Waals surface area contributed by atoms with Gasteiger partial charge < -0.3 is 24.6 Å². The van der Waals surface area contributed by atoms with Crippen LogP contribution in [0.4, 0.5) is 5.82 Å². The topological polar surface area (TPSA) is 103 Å². The van der Waals surface area contributed by atoms with E-state index in [-0.39, 0.29) is 0 Å². The lowest BCUT2D eigenvalue weighted by atomic mass is 10.1. The third kappa shape index (κ3) is 6.19. The molecule has 2 aromatic heterocycles. The van der Waals surface area contributed by atoms with E-state index in [4.69, 9.17) is 19.3 Å². The Bertz CT molecular complexity index is 1310. The van der Waals surface area contributed by atoms with Crippen LogP contribution in [-0.4, -0.2) is 47.4 Å². The van der Waals surface area contributed by atoms with Crippen molar-refractivity contribution in [2.45, 2.75) is 20.3 Å². The van der Waals surface area contributed by atoms with Crippen LogP contribution in [0.25, 0.3) is 21.3 Å². The maximum atomic E-state index is 10.8. The van der Waals surface area contributed by atoms with Gasteiger partial charge in [0.1, 0.15) is 17.9 Å². The van der Waals surface area contributed by atoms with E-state index in [2.05, 4.69) is 38.9 Å². The molecule has 0 atom stereocenters. The van der Waals surface area contributed by atoms with E-state index in [1.807, 2.05) is 26.0 Å². The van der Waals surface area contributed by atoms with Crippen molar-refractivity contribution in [1.29, 1.82) is 0 Å². The van der Waals surface area contributed by atoms with Gasteiger partial charge in [-0.1, -0.05) is 0 Å². The van der Waals surface area contributed by atoms with Gasteiger partial charge in [0.25, 0.3) is 0 Å². The maximum Gasteiger partial charge on any atom is 0.341 e. The van der Waals surface area contributed by atoms with Crippen LogP contribution in [0.1, 0.15) is 19.4 Å². The van der Waals surface area contributed by atoms with E-state index in [0.29, 0.717) is 42.8 Å². The highest BCUT2D eigenvalue weighted by Crippen LogP contribution is 2.33. The highest BCUT2D eigenvalue weighted by molar-refractivity contribution is 7.17. The van der Waals surface area contributed by atoms with E-state index in [0.717, 1.165) is 23.3 Å². The average Bonchev–Trinajstić information content (AvgIpc) is 3.31. The monoisotopic (exact) mass is 493 g/mol. The summed E-state index contributed by atoms with van der Waals surface area (Å²) in [4.78, 5) is 19.6. The number of carboxylic acid groups (broad SMARTS) is 1. The van der Waals surface area contributed by atoms with Gasteiger partial charge in [0.05, 0.1) is 18.9 Å². The molecule has 0 unspecified atom stereocenters. The van der Waals surface area contributed by atoms with Crippen molar-refractivity contribution < 1.29 is 24.1 Å². The number of benzene rings is 2. The van der Waals surface area contributed by atoms with Crippen LogP contribution in [-0.2, 0) is 11.2 Å². The van der Waals surface area contributed by atoms with Crippen LogP contribution in [0.15, 0.2) is 54.2 Å². The molecule has 0 spiro atoms. The van der Waals surface area contributed by atoms with Crippen LogP contribution in [0, 0.1) is 0 Å². The Morgan fingerprint density at radius 3 is 2.60 bits per heavy atom. The van der Waals surface area contributed by atoms with Crippen LogP contribution in [0.2, 0.25) is 0 Å². The quantitative estimate of drug-likeness (QED) is 0.275. The standard InChI is InChI=1S/C26H27N3O5S/c1-3-32-22-14-24-19(8-10-35-24)11-18(22)7-9-27-25-13-20(28-16-29-25)17-5-6-21(34-15-26(30)31)23(12-17)33-4-2/h5-6,8,10-14,16H,3-4,7,9,15H2,1-2H3,(H,30,31)(H,27,28,29). The van der Waals surface area contributed by atoms with Gasteiger partial charge in [-0.15, -0.1) is 11.3 Å². The van der Waals surface area contributed by atoms with Gasteiger partial charge in [-0.3, -0.25) is 0 Å². The number of nitrogens with zero attached hydrogens (tertiary/aromatic N) is 2. The fourth-order valence-electron chi connectivity index (χ4n) is 3.65. The summed E-state index contributed by atoms with van der Waals surface area (Å²) in [5.41, 5.74) is 2.67. The first-order valence-corrected chi connectivity index (χ1v) is 12.3. The highest BCUT2D eigenvalue weighted by Gasteiger charge is 2.12. The lowest BCUT2D eigenvalue weighted by Gasteiger charge is -2.13. The number of thiophene rings is 1. The van der Waals surface area contributed by atoms with Gasteiger partial charge in [-0.2, -0.15) is 0 Å². The smallest absolute Gasteiger partial charge is 0.341 e. The Morgan fingerprint density at radius 1 is 0.971 bits per heavy atom. The minimum atomic E-state index is -1.05. The average molecular weight is 494 g/mol. The van der Waals surface area contributed by atoms with Gasteiger partial charge in [0.2, 0.25) is 0 Å². The van der Waals surface area contributed by atoms with Crippen molar-refractivity contribution in [3.63, 3.8) is 0 Å². The Kier molecular flexibility index (Phi) is 7.99. The maximum absolute atomic E-state index is 10.8. The molecule has 0 aliphatic heterocycles. The van der Waals surface area contributed by atoms with Crippen LogP contribution < -0.4 is 19.5 Å². The van der Waals surface area contributed by atoms with E-state index < -0.39 is 12.6 Å². The number of aromatic nitrogens is 2. The molecule has 2 heterocycles. The van der Waals surface area contributed by atoms with Crippen molar-refractivity contribution >= 4 is 33.2 Å². The van der Waals surface area contributed by atoms with E-state index in [1.54, 1.807) is 23.5 Å². The summed E-state index contributed by atoms with van der Waals surface area (Å²) in [6.45, 7) is 5.13. The van der Waals surface area contributed by atoms with Gasteiger partial charge in [0.15, 0.2) is 18.1 Å². The molecule has 0 saturated heterocycles. The molecule has 0 bridgehead atoms. The minimum absolute atomic E-state index is 0.373. The third-order valence-corrected chi connectivity index (χ3v) is 6.07. The second-order valence-electron chi connectivity index (χ2n) is 7.59. The molecular formula is C26H27N3O5S. The van der Waals surface area contributed by atoms with Gasteiger partial charge in [-0.05, 0) is 73.0 Å². The van der Waals surface area contributed by atoms with Crippen molar-refractivity contribution in [2.75, 3.05) is 31.7 Å². The zero-order valence-corrected chi connectivity index (χ0v) is 20.4. The number of aliphatic carboxylic acids is 1. The SMILES string of the molecule is CCOc1cc2sccc2cc1CCNc1cc(-c2ccc(OCC(=O)O)c(OCC)c2)ncn1. The molecule has 4 aromatic rings. The number of carbonyl (C=O) groups is 1. The van der Waals surface area contributed by atoms with Gasteiger partial charge in [0, 0.05) is 22.9 Å². The largest absolute Gasteiger partial charge is 0.494 e. The summed E-state index contributed by atoms with van der Waals surface area (Å²) in [7, 11) is 0. The molecule has 182 valence electrons. The normalized spacial score (nSPS) is 10.8. The van der Waals surface area contributed by atoms with Crippen molar-refractivity contribution in [1.82, 2.24) is 9.97 Å². The Labute approximate surface area is 207 Å². The molecule has 0 amide bonds. The van der Waals surface area contributed by atoms with Crippen LogP contribution in [0.5, 0.6) is 17.2 Å². The third-order valence-electron chi connectivity index (χ3n) is 5.19. The molecule has 8 nitrogen and oxygen atoms in total. The number of hydrogen-bond acceptors (Lipinski definition) is 8. The zero-order chi connectivity index (χ0) is 24.6. The van der Waals surface area contributed by atoms with Crippen molar-refractivity contribution in [3.05, 3.63) is 59.7 Å². The number of ether oxygens (including phenoxy) is 3. The number of rotatable bonds is 12. The number of hydrogen-bond donors (Lipinski definition) is 2. The second-order valence-corrected chi connectivity index (χ2v) is 8.54. The number of anilines is 1. The van der Waals surface area contributed by atoms with Crippen LogP contribution in [0.3, 0.4) is 0 Å². The minimum Gasteiger partial charge on any atom is -0.494 e. The highest BCUT2D eigenvalue weighted by atomic mass is 32.1. The summed E-state index contributed by atoms with van der Waals surface area (Å²) in [5.74, 6) is 1.41. The van der Waals surface area contributed by atoms with Gasteiger partial charge >= 0.3 is 5.97 Å². The lowest BCUT2D eigenvalue weighted by molar-refractivity contribution is -0.139. The first kappa shape index (κ1) is 24.3. The molecule has 0 fully saturated rings. The number of nitrogens with one attached hydrogen (secondary N) is 1. The first-order chi connectivity index (χ1) is 17.1. The molecule has 9 heteroatoms. The second kappa shape index (κ2) is 11.5. The molecule has 0 radical (unpaired) electrons. The Morgan fingerprint density at radius 2 is 1.80 bits per heavy atom.